The van der Waals surface area contributed by atoms with Crippen molar-refractivity contribution in [1.29, 1.82) is 0 Å². The fourth-order valence-corrected chi connectivity index (χ4v) is 3.86. The minimum atomic E-state index is -0.0585. The van der Waals surface area contributed by atoms with Crippen molar-refractivity contribution in [2.24, 2.45) is 11.3 Å². The van der Waals surface area contributed by atoms with E-state index in [2.05, 4.69) is 15.3 Å². The van der Waals surface area contributed by atoms with Gasteiger partial charge in [-0.1, -0.05) is 6.42 Å². The van der Waals surface area contributed by atoms with Crippen molar-refractivity contribution in [3.63, 3.8) is 0 Å². The van der Waals surface area contributed by atoms with Crippen LogP contribution in [0, 0.1) is 11.3 Å². The fraction of sp³-hybridized carbons (Fsp3) is 0.600. The third-order valence-electron chi connectivity index (χ3n) is 4.94. The van der Waals surface area contributed by atoms with E-state index in [0.29, 0.717) is 18.8 Å². The lowest BCUT2D eigenvalue weighted by Crippen LogP contribution is -2.40. The third-order valence-corrected chi connectivity index (χ3v) is 4.94. The number of rotatable bonds is 2. The number of likely N-dealkylation sites (tertiary alicyclic amines) is 1. The van der Waals surface area contributed by atoms with Crippen LogP contribution in [0.3, 0.4) is 0 Å². The Kier molecular flexibility index (Phi) is 3.61. The monoisotopic (exact) mass is 288 g/mol. The summed E-state index contributed by atoms with van der Waals surface area (Å²) in [6, 6.07) is 1.64. The van der Waals surface area contributed by atoms with Gasteiger partial charge in [-0.2, -0.15) is 0 Å². The summed E-state index contributed by atoms with van der Waals surface area (Å²) in [6.45, 7) is 1.37. The van der Waals surface area contributed by atoms with E-state index in [-0.39, 0.29) is 23.1 Å². The molecular weight excluding hydrogens is 268 g/mol. The lowest BCUT2D eigenvalue weighted by atomic mass is 9.76. The molecule has 112 valence electrons. The number of aromatic nitrogens is 2. The van der Waals surface area contributed by atoms with Crippen LogP contribution in [0.2, 0.25) is 0 Å². The highest BCUT2D eigenvalue weighted by molar-refractivity contribution is 5.92. The van der Waals surface area contributed by atoms with Crippen LogP contribution >= 0.6 is 0 Å². The number of carbonyl (C=O) groups excluding carboxylic acids is 2. The Balaban J connectivity index is 1.76. The molecule has 2 heterocycles. The van der Waals surface area contributed by atoms with E-state index in [1.807, 2.05) is 4.90 Å². The van der Waals surface area contributed by atoms with Crippen LogP contribution in [0.25, 0.3) is 0 Å². The number of hydrogen-bond donors (Lipinski definition) is 1. The normalized spacial score (nSPS) is 28.0. The first-order valence-electron chi connectivity index (χ1n) is 7.43. The molecule has 3 rings (SSSR count). The Morgan fingerprint density at radius 1 is 1.43 bits per heavy atom. The first-order chi connectivity index (χ1) is 10.2. The predicted octanol–water partition coefficient (Wildman–Crippen LogP) is 0.855. The van der Waals surface area contributed by atoms with E-state index in [0.717, 1.165) is 25.7 Å². The van der Waals surface area contributed by atoms with Crippen LogP contribution in [0.4, 0.5) is 0 Å². The Bertz CT molecular complexity index is 548. The maximum absolute atomic E-state index is 12.5. The minimum Gasteiger partial charge on any atom is -0.359 e. The second-order valence-corrected chi connectivity index (χ2v) is 5.99. The van der Waals surface area contributed by atoms with Crippen LogP contribution in [-0.4, -0.2) is 46.8 Å². The van der Waals surface area contributed by atoms with Gasteiger partial charge in [-0.05, 0) is 25.3 Å². The maximum atomic E-state index is 12.5. The molecule has 0 radical (unpaired) electrons. The van der Waals surface area contributed by atoms with Crippen LogP contribution in [-0.2, 0) is 4.79 Å². The van der Waals surface area contributed by atoms with E-state index in [4.69, 9.17) is 0 Å². The summed E-state index contributed by atoms with van der Waals surface area (Å²) in [5, 5.41) is 2.77. The first kappa shape index (κ1) is 14.0. The molecule has 1 spiro atoms. The fourth-order valence-electron chi connectivity index (χ4n) is 3.86. The highest BCUT2D eigenvalue weighted by Gasteiger charge is 2.51. The molecule has 0 bridgehead atoms. The van der Waals surface area contributed by atoms with Crippen molar-refractivity contribution in [3.05, 3.63) is 24.3 Å². The molecule has 2 amide bonds. The van der Waals surface area contributed by atoms with Crippen LogP contribution < -0.4 is 5.32 Å². The van der Waals surface area contributed by atoms with Crippen molar-refractivity contribution >= 4 is 11.8 Å². The molecule has 1 aromatic rings. The number of amides is 2. The molecular formula is C15H20N4O2. The van der Waals surface area contributed by atoms with Gasteiger partial charge in [-0.25, -0.2) is 9.97 Å². The Hall–Kier alpha value is -1.98. The summed E-state index contributed by atoms with van der Waals surface area (Å²) in [4.78, 5) is 34.3. The summed E-state index contributed by atoms with van der Waals surface area (Å²) in [6.07, 6.45) is 6.89. The molecule has 21 heavy (non-hydrogen) atoms. The molecule has 1 aliphatic heterocycles. The van der Waals surface area contributed by atoms with Gasteiger partial charge in [-0.15, -0.1) is 0 Å². The number of nitrogens with zero attached hydrogens (tertiary/aromatic N) is 3. The number of carbonyl (C=O) groups is 2. The molecule has 2 atom stereocenters. The third kappa shape index (κ3) is 2.39. The standard InChI is InChI=1S/C15H20N4O2/c1-16-13(20)11-3-2-5-15(11)6-8-19(9-15)14(21)12-4-7-17-10-18-12/h4,7,10-11H,2-3,5-6,8-9H2,1H3,(H,16,20)/t11-,15-/m0/s1. The van der Waals surface area contributed by atoms with Crippen LogP contribution in [0.5, 0.6) is 0 Å². The van der Waals surface area contributed by atoms with Gasteiger partial charge in [0.15, 0.2) is 0 Å². The summed E-state index contributed by atoms with van der Waals surface area (Å²) in [7, 11) is 1.69. The molecule has 6 nitrogen and oxygen atoms in total. The van der Waals surface area contributed by atoms with Gasteiger partial charge in [0.1, 0.15) is 12.0 Å². The molecule has 1 saturated carbocycles. The van der Waals surface area contributed by atoms with Crippen molar-refractivity contribution in [2.75, 3.05) is 20.1 Å². The van der Waals surface area contributed by atoms with Gasteiger partial charge in [0, 0.05) is 37.7 Å². The van der Waals surface area contributed by atoms with Gasteiger partial charge < -0.3 is 10.2 Å². The van der Waals surface area contributed by atoms with Gasteiger partial charge in [0.05, 0.1) is 0 Å². The molecule has 0 unspecified atom stereocenters. The lowest BCUT2D eigenvalue weighted by Gasteiger charge is -2.30. The minimum absolute atomic E-state index is 0.0331. The highest BCUT2D eigenvalue weighted by Crippen LogP contribution is 2.49. The average Bonchev–Trinajstić information content (AvgIpc) is 3.14. The predicted molar refractivity (Wildman–Crippen MR) is 76.4 cm³/mol. The Labute approximate surface area is 124 Å². The molecule has 1 saturated heterocycles. The first-order valence-corrected chi connectivity index (χ1v) is 7.43. The molecule has 1 aliphatic carbocycles. The highest BCUT2D eigenvalue weighted by atomic mass is 16.2. The largest absolute Gasteiger partial charge is 0.359 e. The molecule has 0 aromatic carbocycles. The van der Waals surface area contributed by atoms with Crippen LogP contribution in [0.1, 0.15) is 36.2 Å². The lowest BCUT2D eigenvalue weighted by molar-refractivity contribution is -0.127. The number of nitrogens with one attached hydrogen (secondary N) is 1. The topological polar surface area (TPSA) is 75.2 Å². The van der Waals surface area contributed by atoms with Crippen molar-refractivity contribution < 1.29 is 9.59 Å². The number of hydrogen-bond acceptors (Lipinski definition) is 4. The van der Waals surface area contributed by atoms with Crippen molar-refractivity contribution in [2.45, 2.75) is 25.7 Å². The molecule has 1 aromatic heterocycles. The van der Waals surface area contributed by atoms with Gasteiger partial charge in [0.25, 0.3) is 5.91 Å². The molecule has 2 fully saturated rings. The SMILES string of the molecule is CNC(=O)[C@@H]1CCC[C@@]12CCN(C(=O)c1ccncn1)C2. The second kappa shape index (κ2) is 5.42. The molecule has 1 N–H and O–H groups in total. The van der Waals surface area contributed by atoms with Crippen LogP contribution in [0.15, 0.2) is 18.6 Å². The smallest absolute Gasteiger partial charge is 0.272 e. The molecule has 2 aliphatic rings. The molecule has 6 heteroatoms. The summed E-state index contributed by atoms with van der Waals surface area (Å²) >= 11 is 0. The quantitative estimate of drug-likeness (QED) is 0.875. The van der Waals surface area contributed by atoms with E-state index in [1.165, 1.54) is 6.33 Å². The van der Waals surface area contributed by atoms with Crippen molar-refractivity contribution in [3.8, 4) is 0 Å². The Morgan fingerprint density at radius 2 is 2.29 bits per heavy atom. The average molecular weight is 288 g/mol. The zero-order valence-electron chi connectivity index (χ0n) is 12.2. The van der Waals surface area contributed by atoms with E-state index in [9.17, 15) is 9.59 Å². The van der Waals surface area contributed by atoms with E-state index >= 15 is 0 Å². The summed E-state index contributed by atoms with van der Waals surface area (Å²) in [5.41, 5.74) is 0.388. The summed E-state index contributed by atoms with van der Waals surface area (Å²) in [5.74, 6) is 0.0892. The summed E-state index contributed by atoms with van der Waals surface area (Å²) < 4.78 is 0. The van der Waals surface area contributed by atoms with Crippen molar-refractivity contribution in [1.82, 2.24) is 20.2 Å². The van der Waals surface area contributed by atoms with Gasteiger partial charge in [0.2, 0.25) is 5.91 Å². The van der Waals surface area contributed by atoms with E-state index < -0.39 is 0 Å². The second-order valence-electron chi connectivity index (χ2n) is 5.99. The maximum Gasteiger partial charge on any atom is 0.272 e. The zero-order chi connectivity index (χ0) is 14.9. The zero-order valence-corrected chi connectivity index (χ0v) is 12.2. The van der Waals surface area contributed by atoms with Gasteiger partial charge in [-0.3, -0.25) is 9.59 Å². The van der Waals surface area contributed by atoms with Gasteiger partial charge >= 0.3 is 0 Å². The van der Waals surface area contributed by atoms with E-state index in [1.54, 1.807) is 19.3 Å². The Morgan fingerprint density at radius 3 is 3.00 bits per heavy atom.